The molecule has 3 N–H and O–H groups in total. The molecule has 1 aliphatic rings. The van der Waals surface area contributed by atoms with E-state index in [4.69, 9.17) is 0 Å². The Labute approximate surface area is 146 Å². The molecule has 0 aliphatic carbocycles. The van der Waals surface area contributed by atoms with E-state index in [0.29, 0.717) is 23.5 Å². The van der Waals surface area contributed by atoms with Crippen LogP contribution in [0, 0.1) is 11.7 Å². The number of halogens is 3. The fraction of sp³-hybridized carbons (Fsp3) is 0.467. The smallest absolute Gasteiger partial charge is 0.253 e. The lowest BCUT2D eigenvalue weighted by atomic mass is 9.96. The van der Waals surface area contributed by atoms with Crippen molar-refractivity contribution in [2.75, 3.05) is 19.6 Å². The third kappa shape index (κ3) is 4.80. The zero-order valence-corrected chi connectivity index (χ0v) is 14.2. The minimum atomic E-state index is -0.437. The van der Waals surface area contributed by atoms with Crippen LogP contribution >= 0.6 is 24.8 Å². The molecule has 1 saturated heterocycles. The molecule has 1 fully saturated rings. The number of carbonyl (C=O) groups is 1. The number of amides is 1. The number of hydrogen-bond acceptors (Lipinski definition) is 3. The Morgan fingerprint density at radius 3 is 2.96 bits per heavy atom. The Morgan fingerprint density at radius 2 is 2.22 bits per heavy atom. The Balaban J connectivity index is 0.00000132. The third-order valence-corrected chi connectivity index (χ3v) is 3.97. The van der Waals surface area contributed by atoms with Crippen molar-refractivity contribution in [1.82, 2.24) is 20.6 Å². The minimum Gasteiger partial charge on any atom is -0.352 e. The van der Waals surface area contributed by atoms with Crippen LogP contribution in [0.5, 0.6) is 0 Å². The topological polar surface area (TPSA) is 69.8 Å². The van der Waals surface area contributed by atoms with Gasteiger partial charge in [-0.1, -0.05) is 0 Å². The number of benzene rings is 1. The van der Waals surface area contributed by atoms with Crippen LogP contribution in [0.15, 0.2) is 18.5 Å². The highest BCUT2D eigenvalue weighted by atomic mass is 35.5. The van der Waals surface area contributed by atoms with Crippen molar-refractivity contribution in [3.63, 3.8) is 0 Å². The SMILES string of the molecule is Cl.Cl.O=C(NCCC1CCCNC1)c1cc(F)cc2[nH]cnc12. The van der Waals surface area contributed by atoms with Crippen molar-refractivity contribution in [3.05, 3.63) is 29.8 Å². The number of nitrogens with one attached hydrogen (secondary N) is 3. The van der Waals surface area contributed by atoms with Crippen LogP contribution in [0.2, 0.25) is 0 Å². The second-order valence-corrected chi connectivity index (χ2v) is 5.51. The summed E-state index contributed by atoms with van der Waals surface area (Å²) in [6.45, 7) is 2.70. The summed E-state index contributed by atoms with van der Waals surface area (Å²) in [4.78, 5) is 19.1. The van der Waals surface area contributed by atoms with E-state index >= 15 is 0 Å². The van der Waals surface area contributed by atoms with Crippen molar-refractivity contribution < 1.29 is 9.18 Å². The zero-order chi connectivity index (χ0) is 14.7. The van der Waals surface area contributed by atoms with Gasteiger partial charge in [-0.3, -0.25) is 4.79 Å². The van der Waals surface area contributed by atoms with Crippen molar-refractivity contribution in [3.8, 4) is 0 Å². The summed E-state index contributed by atoms with van der Waals surface area (Å²) in [5, 5.41) is 6.22. The molecule has 2 aromatic rings. The molecule has 8 heteroatoms. The quantitative estimate of drug-likeness (QED) is 0.782. The number of H-pyrrole nitrogens is 1. The number of aromatic amines is 1. The van der Waals surface area contributed by atoms with Gasteiger partial charge in [-0.25, -0.2) is 9.37 Å². The van der Waals surface area contributed by atoms with E-state index < -0.39 is 5.82 Å². The van der Waals surface area contributed by atoms with E-state index in [9.17, 15) is 9.18 Å². The maximum Gasteiger partial charge on any atom is 0.253 e. The molecule has 1 unspecified atom stereocenters. The minimum absolute atomic E-state index is 0. The van der Waals surface area contributed by atoms with E-state index in [2.05, 4.69) is 20.6 Å². The van der Waals surface area contributed by atoms with Gasteiger partial charge in [0, 0.05) is 6.54 Å². The highest BCUT2D eigenvalue weighted by Gasteiger charge is 2.16. The summed E-state index contributed by atoms with van der Waals surface area (Å²) in [7, 11) is 0. The molecule has 0 bridgehead atoms. The van der Waals surface area contributed by atoms with Gasteiger partial charge in [0.05, 0.1) is 17.4 Å². The fourth-order valence-corrected chi connectivity index (χ4v) is 2.84. The predicted molar refractivity (Wildman–Crippen MR) is 93.1 cm³/mol. The first-order chi connectivity index (χ1) is 10.2. The first kappa shape index (κ1) is 19.7. The molecule has 1 aliphatic heterocycles. The van der Waals surface area contributed by atoms with Crippen LogP contribution in [0.1, 0.15) is 29.6 Å². The molecule has 5 nitrogen and oxygen atoms in total. The molecule has 3 rings (SSSR count). The number of imidazole rings is 1. The van der Waals surface area contributed by atoms with Crippen molar-refractivity contribution in [2.45, 2.75) is 19.3 Å². The fourth-order valence-electron chi connectivity index (χ4n) is 2.84. The largest absolute Gasteiger partial charge is 0.352 e. The molecule has 1 amide bonds. The number of nitrogens with zero attached hydrogens (tertiary/aromatic N) is 1. The molecule has 128 valence electrons. The van der Waals surface area contributed by atoms with Gasteiger partial charge >= 0.3 is 0 Å². The van der Waals surface area contributed by atoms with E-state index in [0.717, 1.165) is 19.5 Å². The zero-order valence-electron chi connectivity index (χ0n) is 12.6. The summed E-state index contributed by atoms with van der Waals surface area (Å²) < 4.78 is 13.5. The maximum absolute atomic E-state index is 13.5. The number of fused-ring (bicyclic) bond motifs is 1. The lowest BCUT2D eigenvalue weighted by Gasteiger charge is -2.22. The summed E-state index contributed by atoms with van der Waals surface area (Å²) in [6, 6.07) is 2.58. The van der Waals surface area contributed by atoms with Crippen molar-refractivity contribution >= 4 is 41.8 Å². The monoisotopic (exact) mass is 362 g/mol. The van der Waals surface area contributed by atoms with Crippen molar-refractivity contribution in [2.24, 2.45) is 5.92 Å². The molecule has 1 aromatic carbocycles. The molecule has 1 aromatic heterocycles. The predicted octanol–water partition coefficient (Wildman–Crippen LogP) is 2.67. The van der Waals surface area contributed by atoms with E-state index in [1.807, 2.05) is 0 Å². The lowest BCUT2D eigenvalue weighted by Crippen LogP contribution is -2.33. The summed E-state index contributed by atoms with van der Waals surface area (Å²) >= 11 is 0. The highest BCUT2D eigenvalue weighted by molar-refractivity contribution is 6.04. The second kappa shape index (κ2) is 9.05. The average molecular weight is 363 g/mol. The van der Waals surface area contributed by atoms with Crippen LogP contribution in [0.3, 0.4) is 0 Å². The Bertz CT molecular complexity index is 643. The number of hydrogen-bond donors (Lipinski definition) is 3. The standard InChI is InChI=1S/C15H19FN4O.2ClH/c16-11-6-12(14-13(7-11)19-9-20-14)15(21)18-5-3-10-2-1-4-17-8-10;;/h6-7,9-10,17H,1-5,8H2,(H,18,21)(H,19,20);2*1H. The summed E-state index contributed by atoms with van der Waals surface area (Å²) in [5.41, 5.74) is 1.33. The normalized spacial score (nSPS) is 17.2. The molecule has 1 atom stereocenters. The van der Waals surface area contributed by atoms with Crippen LogP contribution < -0.4 is 10.6 Å². The Kier molecular flexibility index (Phi) is 7.75. The van der Waals surface area contributed by atoms with E-state index in [-0.39, 0.29) is 36.3 Å². The van der Waals surface area contributed by atoms with Crippen LogP contribution in [-0.2, 0) is 0 Å². The van der Waals surface area contributed by atoms with Gasteiger partial charge in [-0.2, -0.15) is 0 Å². The van der Waals surface area contributed by atoms with Crippen molar-refractivity contribution in [1.29, 1.82) is 0 Å². The first-order valence-corrected chi connectivity index (χ1v) is 7.35. The molecule has 23 heavy (non-hydrogen) atoms. The summed E-state index contributed by atoms with van der Waals surface area (Å²) in [6.07, 6.45) is 4.80. The van der Waals surface area contributed by atoms with E-state index in [1.54, 1.807) is 0 Å². The van der Waals surface area contributed by atoms with Gasteiger partial charge in [0.1, 0.15) is 11.3 Å². The summed E-state index contributed by atoms with van der Waals surface area (Å²) in [5.74, 6) is -0.0966. The number of carbonyl (C=O) groups excluding carboxylic acids is 1. The molecule has 2 heterocycles. The molecular formula is C15H21Cl2FN4O. The van der Waals surface area contributed by atoms with Gasteiger partial charge in [0.15, 0.2) is 0 Å². The number of rotatable bonds is 4. The lowest BCUT2D eigenvalue weighted by molar-refractivity contribution is 0.0951. The maximum atomic E-state index is 13.5. The Hall–Kier alpha value is -1.37. The van der Waals surface area contributed by atoms with Gasteiger partial charge in [0.2, 0.25) is 0 Å². The van der Waals surface area contributed by atoms with Crippen LogP contribution in [0.4, 0.5) is 4.39 Å². The first-order valence-electron chi connectivity index (χ1n) is 7.35. The van der Waals surface area contributed by atoms with Gasteiger partial charge in [-0.15, -0.1) is 24.8 Å². The molecular weight excluding hydrogens is 342 g/mol. The molecule has 0 spiro atoms. The Morgan fingerprint density at radius 1 is 1.39 bits per heavy atom. The van der Waals surface area contributed by atoms with Crippen LogP contribution in [-0.4, -0.2) is 35.5 Å². The average Bonchev–Trinajstić information content (AvgIpc) is 2.95. The van der Waals surface area contributed by atoms with E-state index in [1.165, 1.54) is 31.3 Å². The second-order valence-electron chi connectivity index (χ2n) is 5.51. The van der Waals surface area contributed by atoms with Gasteiger partial charge in [-0.05, 0) is 50.4 Å². The number of aromatic nitrogens is 2. The van der Waals surface area contributed by atoms with Gasteiger partial charge < -0.3 is 15.6 Å². The molecule has 0 saturated carbocycles. The van der Waals surface area contributed by atoms with Crippen LogP contribution in [0.25, 0.3) is 11.0 Å². The van der Waals surface area contributed by atoms with Gasteiger partial charge in [0.25, 0.3) is 5.91 Å². The number of piperidine rings is 1. The highest BCUT2D eigenvalue weighted by Crippen LogP contribution is 2.17. The third-order valence-electron chi connectivity index (χ3n) is 3.97. The molecule has 0 radical (unpaired) electrons.